The molecule has 0 atom stereocenters. The molecular weight excluding hydrogens is 352 g/mol. The minimum Gasteiger partial charge on any atom is -0.505 e. The molecule has 3 rings (SSSR count). The number of para-hydroxylation sites is 1. The Bertz CT molecular complexity index is 1070. The lowest BCUT2D eigenvalue weighted by Crippen LogP contribution is -2.16. The molecule has 10 heteroatoms. The molecule has 0 unspecified atom stereocenters. The smallest absolute Gasteiger partial charge is 0.375 e. The molecule has 0 bridgehead atoms. The Labute approximate surface area is 153 Å². The van der Waals surface area contributed by atoms with E-state index in [1.54, 1.807) is 31.3 Å². The van der Waals surface area contributed by atoms with E-state index in [0.29, 0.717) is 10.9 Å². The van der Waals surface area contributed by atoms with Crippen LogP contribution in [0.3, 0.4) is 0 Å². The standard InChI is InChI=1S/C17H18N6O4/c1-3-4-9-27-16(26)14-18-17(22-20-14)21-19-12-13(24)10-7-5-6-8-11(10)23(2)15(12)25/h5-8,24H,3-4,9H2,1-2H3,(H,18,20,22). The van der Waals surface area contributed by atoms with Gasteiger partial charge in [0.2, 0.25) is 5.82 Å². The van der Waals surface area contributed by atoms with E-state index in [-0.39, 0.29) is 29.8 Å². The van der Waals surface area contributed by atoms with E-state index in [4.69, 9.17) is 4.74 Å². The summed E-state index contributed by atoms with van der Waals surface area (Å²) in [5.41, 5.74) is -0.202. The number of unbranched alkanes of at least 4 members (excludes halogenated alkanes) is 1. The summed E-state index contributed by atoms with van der Waals surface area (Å²) in [5, 5.41) is 24.5. The third-order valence-corrected chi connectivity index (χ3v) is 3.89. The van der Waals surface area contributed by atoms with Crippen LogP contribution in [0.4, 0.5) is 11.6 Å². The van der Waals surface area contributed by atoms with Gasteiger partial charge in [0, 0.05) is 12.4 Å². The van der Waals surface area contributed by atoms with Gasteiger partial charge in [-0.3, -0.25) is 9.89 Å². The molecule has 10 nitrogen and oxygen atoms in total. The number of rotatable bonds is 6. The lowest BCUT2D eigenvalue weighted by Gasteiger charge is -2.07. The van der Waals surface area contributed by atoms with E-state index in [1.165, 1.54) is 4.57 Å². The van der Waals surface area contributed by atoms with Crippen LogP contribution in [0.5, 0.6) is 5.75 Å². The fraction of sp³-hybridized carbons (Fsp3) is 0.294. The molecule has 2 aromatic heterocycles. The van der Waals surface area contributed by atoms with Crippen LogP contribution in [0.25, 0.3) is 10.9 Å². The van der Waals surface area contributed by atoms with Gasteiger partial charge >= 0.3 is 5.97 Å². The van der Waals surface area contributed by atoms with Crippen molar-refractivity contribution < 1.29 is 14.6 Å². The van der Waals surface area contributed by atoms with Crippen molar-refractivity contribution in [1.29, 1.82) is 0 Å². The summed E-state index contributed by atoms with van der Waals surface area (Å²) in [7, 11) is 1.57. The average Bonchev–Trinajstić information content (AvgIpc) is 3.15. The van der Waals surface area contributed by atoms with Gasteiger partial charge in [0.15, 0.2) is 11.4 Å². The predicted molar refractivity (Wildman–Crippen MR) is 96.6 cm³/mol. The molecule has 0 radical (unpaired) electrons. The van der Waals surface area contributed by atoms with Crippen LogP contribution in [-0.2, 0) is 11.8 Å². The zero-order chi connectivity index (χ0) is 19.4. The molecular formula is C17H18N6O4. The van der Waals surface area contributed by atoms with Gasteiger partial charge in [-0.1, -0.05) is 25.5 Å². The van der Waals surface area contributed by atoms with E-state index in [9.17, 15) is 14.7 Å². The second-order valence-electron chi connectivity index (χ2n) is 5.75. The first-order valence-corrected chi connectivity index (χ1v) is 8.35. The number of pyridine rings is 1. The summed E-state index contributed by atoms with van der Waals surface area (Å²) in [6.45, 7) is 2.27. The first kappa shape index (κ1) is 18.2. The number of ether oxygens (including phenoxy) is 1. The number of hydrogen-bond donors (Lipinski definition) is 2. The van der Waals surface area contributed by atoms with Crippen molar-refractivity contribution in [2.45, 2.75) is 19.8 Å². The number of H-pyrrole nitrogens is 1. The lowest BCUT2D eigenvalue weighted by molar-refractivity contribution is 0.0486. The molecule has 2 heterocycles. The number of nitrogens with one attached hydrogen (secondary N) is 1. The number of azo groups is 1. The highest BCUT2D eigenvalue weighted by Crippen LogP contribution is 2.31. The zero-order valence-corrected chi connectivity index (χ0v) is 14.8. The summed E-state index contributed by atoms with van der Waals surface area (Å²) in [6, 6.07) is 6.87. The number of carbonyl (C=O) groups excluding carboxylic acids is 1. The van der Waals surface area contributed by atoms with E-state index >= 15 is 0 Å². The molecule has 140 valence electrons. The van der Waals surface area contributed by atoms with Gasteiger partial charge in [0.1, 0.15) is 0 Å². The van der Waals surface area contributed by atoms with Crippen LogP contribution >= 0.6 is 0 Å². The number of aromatic amines is 1. The van der Waals surface area contributed by atoms with Crippen molar-refractivity contribution in [3.63, 3.8) is 0 Å². The number of esters is 1. The number of benzene rings is 1. The van der Waals surface area contributed by atoms with E-state index in [2.05, 4.69) is 25.4 Å². The third kappa shape index (κ3) is 3.68. The predicted octanol–water partition coefficient (Wildman–Crippen LogP) is 2.73. The summed E-state index contributed by atoms with van der Waals surface area (Å²) >= 11 is 0. The average molecular weight is 370 g/mol. The molecule has 2 N–H and O–H groups in total. The second kappa shape index (κ2) is 7.77. The van der Waals surface area contributed by atoms with Gasteiger partial charge in [-0.15, -0.1) is 15.3 Å². The first-order valence-electron chi connectivity index (χ1n) is 8.35. The van der Waals surface area contributed by atoms with Crippen molar-refractivity contribution in [1.82, 2.24) is 19.7 Å². The van der Waals surface area contributed by atoms with E-state index < -0.39 is 11.5 Å². The molecule has 0 saturated heterocycles. The van der Waals surface area contributed by atoms with Gasteiger partial charge < -0.3 is 14.4 Å². The summed E-state index contributed by atoms with van der Waals surface area (Å²) in [4.78, 5) is 28.1. The van der Waals surface area contributed by atoms with Crippen molar-refractivity contribution in [3.05, 3.63) is 40.4 Å². The van der Waals surface area contributed by atoms with Gasteiger partial charge in [0.25, 0.3) is 11.5 Å². The van der Waals surface area contributed by atoms with E-state index in [1.807, 2.05) is 6.92 Å². The summed E-state index contributed by atoms with van der Waals surface area (Å²) in [6.07, 6.45) is 1.64. The molecule has 0 spiro atoms. The maximum Gasteiger partial charge on any atom is 0.375 e. The van der Waals surface area contributed by atoms with Gasteiger partial charge in [0.05, 0.1) is 12.1 Å². The van der Waals surface area contributed by atoms with Crippen LogP contribution in [0.1, 0.15) is 30.4 Å². The summed E-state index contributed by atoms with van der Waals surface area (Å²) in [5.74, 6) is -1.21. The Balaban J connectivity index is 1.87. The quantitative estimate of drug-likeness (QED) is 0.389. The molecule has 0 fully saturated rings. The van der Waals surface area contributed by atoms with Crippen LogP contribution in [-0.4, -0.2) is 37.4 Å². The largest absolute Gasteiger partial charge is 0.505 e. The number of nitrogens with zero attached hydrogens (tertiary/aromatic N) is 5. The maximum atomic E-state index is 12.4. The number of fused-ring (bicyclic) bond motifs is 1. The molecule has 0 amide bonds. The monoisotopic (exact) mass is 370 g/mol. The SMILES string of the molecule is CCCCOC(=O)c1nc(N=Nc2c(O)c3ccccc3n(C)c2=O)n[nH]1. The zero-order valence-electron chi connectivity index (χ0n) is 14.8. The Morgan fingerprint density at radius 2 is 2.11 bits per heavy atom. The van der Waals surface area contributed by atoms with Crippen molar-refractivity contribution in [2.75, 3.05) is 6.61 Å². The molecule has 1 aromatic carbocycles. The van der Waals surface area contributed by atoms with Crippen molar-refractivity contribution in [2.24, 2.45) is 17.3 Å². The number of hydrogen-bond acceptors (Lipinski definition) is 8. The second-order valence-corrected chi connectivity index (χ2v) is 5.75. The number of aromatic hydroxyl groups is 1. The van der Waals surface area contributed by atoms with Crippen LogP contribution in [0.15, 0.2) is 39.3 Å². The Hall–Kier alpha value is -3.56. The number of aryl methyl sites for hydroxylation is 1. The van der Waals surface area contributed by atoms with Gasteiger partial charge in [-0.05, 0) is 18.6 Å². The molecule has 0 aliphatic heterocycles. The highest BCUT2D eigenvalue weighted by molar-refractivity contribution is 5.89. The normalized spacial score (nSPS) is 11.3. The van der Waals surface area contributed by atoms with Crippen LogP contribution in [0, 0.1) is 0 Å². The first-order chi connectivity index (χ1) is 13.0. The summed E-state index contributed by atoms with van der Waals surface area (Å²) < 4.78 is 6.37. The topological polar surface area (TPSA) is 135 Å². The number of aromatic nitrogens is 4. The molecule has 0 aliphatic carbocycles. The van der Waals surface area contributed by atoms with Crippen LogP contribution < -0.4 is 5.56 Å². The maximum absolute atomic E-state index is 12.4. The Kier molecular flexibility index (Phi) is 5.25. The highest BCUT2D eigenvalue weighted by Gasteiger charge is 2.16. The van der Waals surface area contributed by atoms with Crippen LogP contribution in [0.2, 0.25) is 0 Å². The minimum absolute atomic E-state index is 0.115. The molecule has 0 saturated carbocycles. The molecule has 0 aliphatic rings. The van der Waals surface area contributed by atoms with E-state index in [0.717, 1.165) is 12.8 Å². The molecule has 3 aromatic rings. The Morgan fingerprint density at radius 1 is 1.33 bits per heavy atom. The number of carbonyl (C=O) groups is 1. The van der Waals surface area contributed by atoms with Gasteiger partial charge in [-0.25, -0.2) is 4.79 Å². The highest BCUT2D eigenvalue weighted by atomic mass is 16.5. The fourth-order valence-corrected chi connectivity index (χ4v) is 2.41. The lowest BCUT2D eigenvalue weighted by atomic mass is 10.2. The van der Waals surface area contributed by atoms with Crippen molar-refractivity contribution in [3.8, 4) is 5.75 Å². The third-order valence-electron chi connectivity index (χ3n) is 3.89. The van der Waals surface area contributed by atoms with Crippen molar-refractivity contribution >= 4 is 28.5 Å². The molecule has 27 heavy (non-hydrogen) atoms. The van der Waals surface area contributed by atoms with Gasteiger partial charge in [-0.2, -0.15) is 4.98 Å². The Morgan fingerprint density at radius 3 is 2.89 bits per heavy atom. The minimum atomic E-state index is -0.651. The fourth-order valence-electron chi connectivity index (χ4n) is 2.41.